The van der Waals surface area contributed by atoms with Crippen molar-refractivity contribution in [2.75, 3.05) is 13.1 Å². The molecule has 1 aliphatic rings. The SMILES string of the molecule is Cc1nccn1-c1ccc(CNC(=O)Cn2nccc2C2CCCNC2)cc1. The molecule has 2 N–H and O–H groups in total. The highest BCUT2D eigenvalue weighted by molar-refractivity contribution is 5.75. The zero-order chi connectivity index (χ0) is 19.3. The highest BCUT2D eigenvalue weighted by atomic mass is 16.2. The molecule has 1 atom stereocenters. The smallest absolute Gasteiger partial charge is 0.242 e. The van der Waals surface area contributed by atoms with Gasteiger partial charge in [-0.2, -0.15) is 5.10 Å². The fourth-order valence-corrected chi connectivity index (χ4v) is 3.74. The summed E-state index contributed by atoms with van der Waals surface area (Å²) in [5.74, 6) is 1.36. The van der Waals surface area contributed by atoms with Crippen LogP contribution in [0, 0.1) is 6.92 Å². The number of hydrogen-bond donors (Lipinski definition) is 2. The van der Waals surface area contributed by atoms with Gasteiger partial charge in [0.25, 0.3) is 0 Å². The molecular weight excluding hydrogens is 352 g/mol. The highest BCUT2D eigenvalue weighted by Gasteiger charge is 2.19. The van der Waals surface area contributed by atoms with Crippen LogP contribution in [0.15, 0.2) is 48.9 Å². The van der Waals surface area contributed by atoms with Gasteiger partial charge in [0.1, 0.15) is 12.4 Å². The van der Waals surface area contributed by atoms with Crippen molar-refractivity contribution in [2.45, 2.75) is 38.8 Å². The Hall–Kier alpha value is -2.93. The second-order valence-corrected chi connectivity index (χ2v) is 7.24. The zero-order valence-electron chi connectivity index (χ0n) is 16.1. The fourth-order valence-electron chi connectivity index (χ4n) is 3.74. The van der Waals surface area contributed by atoms with Crippen molar-refractivity contribution in [2.24, 2.45) is 0 Å². The van der Waals surface area contributed by atoms with Gasteiger partial charge in [0.05, 0.1) is 0 Å². The molecule has 0 aliphatic carbocycles. The molecule has 7 nitrogen and oxygen atoms in total. The van der Waals surface area contributed by atoms with Crippen LogP contribution < -0.4 is 10.6 Å². The number of carbonyl (C=O) groups excluding carboxylic acids is 1. The molecule has 0 spiro atoms. The van der Waals surface area contributed by atoms with Crippen LogP contribution in [-0.4, -0.2) is 38.3 Å². The Labute approximate surface area is 164 Å². The molecule has 1 amide bonds. The van der Waals surface area contributed by atoms with Crippen LogP contribution in [0.5, 0.6) is 0 Å². The van der Waals surface area contributed by atoms with Crippen molar-refractivity contribution < 1.29 is 4.79 Å². The highest BCUT2D eigenvalue weighted by Crippen LogP contribution is 2.22. The third-order valence-corrected chi connectivity index (χ3v) is 5.29. The van der Waals surface area contributed by atoms with Crippen molar-refractivity contribution in [3.63, 3.8) is 0 Å². The predicted molar refractivity (Wildman–Crippen MR) is 107 cm³/mol. The van der Waals surface area contributed by atoms with E-state index >= 15 is 0 Å². The van der Waals surface area contributed by atoms with Crippen LogP contribution in [-0.2, 0) is 17.9 Å². The van der Waals surface area contributed by atoms with Gasteiger partial charge in [-0.1, -0.05) is 12.1 Å². The van der Waals surface area contributed by atoms with E-state index in [1.54, 1.807) is 12.4 Å². The first kappa shape index (κ1) is 18.4. The summed E-state index contributed by atoms with van der Waals surface area (Å²) >= 11 is 0. The molecule has 1 unspecified atom stereocenters. The van der Waals surface area contributed by atoms with E-state index in [9.17, 15) is 4.79 Å². The Kier molecular flexibility index (Phi) is 5.53. The molecule has 1 saturated heterocycles. The number of aryl methyl sites for hydroxylation is 1. The number of aromatic nitrogens is 4. The quantitative estimate of drug-likeness (QED) is 0.689. The van der Waals surface area contributed by atoms with Crippen molar-refractivity contribution in [3.8, 4) is 5.69 Å². The van der Waals surface area contributed by atoms with Gasteiger partial charge in [-0.15, -0.1) is 0 Å². The molecule has 3 aromatic rings. The van der Waals surface area contributed by atoms with E-state index in [4.69, 9.17) is 0 Å². The summed E-state index contributed by atoms with van der Waals surface area (Å²) in [5.41, 5.74) is 3.27. The maximum atomic E-state index is 12.4. The normalized spacial score (nSPS) is 16.8. The minimum atomic E-state index is -0.0248. The first-order valence-electron chi connectivity index (χ1n) is 9.79. The molecule has 0 bridgehead atoms. The average Bonchev–Trinajstić information content (AvgIpc) is 3.36. The maximum absolute atomic E-state index is 12.4. The number of imidazole rings is 1. The molecule has 146 valence electrons. The molecule has 1 aliphatic heterocycles. The molecule has 0 radical (unpaired) electrons. The number of hydrogen-bond acceptors (Lipinski definition) is 4. The fraction of sp³-hybridized carbons (Fsp3) is 0.381. The lowest BCUT2D eigenvalue weighted by atomic mass is 9.96. The molecule has 7 heteroatoms. The molecule has 1 aromatic carbocycles. The molecule has 4 rings (SSSR count). The molecular formula is C21H26N6O. The van der Waals surface area contributed by atoms with Gasteiger partial charge in [0.2, 0.25) is 5.91 Å². The maximum Gasteiger partial charge on any atom is 0.242 e. The van der Waals surface area contributed by atoms with Crippen molar-refractivity contribution in [3.05, 3.63) is 66.0 Å². The summed E-state index contributed by atoms with van der Waals surface area (Å²) in [6, 6.07) is 10.2. The Balaban J connectivity index is 1.33. The summed E-state index contributed by atoms with van der Waals surface area (Å²) in [6.45, 7) is 4.76. The van der Waals surface area contributed by atoms with Gasteiger partial charge in [-0.3, -0.25) is 9.48 Å². The van der Waals surface area contributed by atoms with Crippen LogP contribution in [0.4, 0.5) is 0 Å². The van der Waals surface area contributed by atoms with Gasteiger partial charge in [0, 0.05) is 49.0 Å². The Morgan fingerprint density at radius 1 is 1.25 bits per heavy atom. The lowest BCUT2D eigenvalue weighted by Crippen LogP contribution is -2.32. The van der Waals surface area contributed by atoms with Crippen molar-refractivity contribution in [1.82, 2.24) is 30.0 Å². The summed E-state index contributed by atoms with van der Waals surface area (Å²) in [5, 5.41) is 10.8. The summed E-state index contributed by atoms with van der Waals surface area (Å²) in [6.07, 6.45) is 7.82. The van der Waals surface area contributed by atoms with E-state index in [-0.39, 0.29) is 12.5 Å². The van der Waals surface area contributed by atoms with Gasteiger partial charge in [-0.05, 0) is 50.1 Å². The molecule has 28 heavy (non-hydrogen) atoms. The Bertz CT molecular complexity index is 921. The van der Waals surface area contributed by atoms with Crippen LogP contribution in [0.25, 0.3) is 5.69 Å². The van der Waals surface area contributed by atoms with E-state index < -0.39 is 0 Å². The standard InChI is InChI=1S/C21H26N6O/c1-16-23-11-12-26(16)19-6-4-17(5-7-19)13-24-21(28)15-27-20(8-10-25-27)18-3-2-9-22-14-18/h4-8,10-12,18,22H,2-3,9,13-15H2,1H3,(H,24,28). The second kappa shape index (κ2) is 8.39. The third-order valence-electron chi connectivity index (χ3n) is 5.29. The number of nitrogens with one attached hydrogen (secondary N) is 2. The van der Waals surface area contributed by atoms with Crippen LogP contribution in [0.3, 0.4) is 0 Å². The number of nitrogens with zero attached hydrogens (tertiary/aromatic N) is 4. The predicted octanol–water partition coefficient (Wildman–Crippen LogP) is 2.16. The van der Waals surface area contributed by atoms with Gasteiger partial charge < -0.3 is 15.2 Å². The van der Waals surface area contributed by atoms with E-state index in [0.29, 0.717) is 12.5 Å². The van der Waals surface area contributed by atoms with Gasteiger partial charge >= 0.3 is 0 Å². The molecule has 3 heterocycles. The zero-order valence-corrected chi connectivity index (χ0v) is 16.1. The Morgan fingerprint density at radius 2 is 2.11 bits per heavy atom. The second-order valence-electron chi connectivity index (χ2n) is 7.24. The van der Waals surface area contributed by atoms with Gasteiger partial charge in [-0.25, -0.2) is 4.98 Å². The Morgan fingerprint density at radius 3 is 2.82 bits per heavy atom. The summed E-state index contributed by atoms with van der Waals surface area (Å²) in [7, 11) is 0. The number of piperidine rings is 1. The van der Waals surface area contributed by atoms with Crippen LogP contribution in [0.2, 0.25) is 0 Å². The number of benzene rings is 1. The van der Waals surface area contributed by atoms with Crippen molar-refractivity contribution in [1.29, 1.82) is 0 Å². The summed E-state index contributed by atoms with van der Waals surface area (Å²) in [4.78, 5) is 16.7. The molecule has 0 saturated carbocycles. The first-order valence-corrected chi connectivity index (χ1v) is 9.79. The topological polar surface area (TPSA) is 76.8 Å². The number of rotatable bonds is 6. The lowest BCUT2D eigenvalue weighted by molar-refractivity contribution is -0.122. The first-order chi connectivity index (χ1) is 13.7. The third kappa shape index (κ3) is 4.14. The molecule has 2 aromatic heterocycles. The van der Waals surface area contributed by atoms with E-state index in [2.05, 4.69) is 20.7 Å². The van der Waals surface area contributed by atoms with E-state index in [1.165, 1.54) is 0 Å². The molecule has 1 fully saturated rings. The largest absolute Gasteiger partial charge is 0.350 e. The van der Waals surface area contributed by atoms with E-state index in [1.807, 2.05) is 52.7 Å². The van der Waals surface area contributed by atoms with Crippen LogP contribution >= 0.6 is 0 Å². The monoisotopic (exact) mass is 378 g/mol. The number of amides is 1. The number of carbonyl (C=O) groups is 1. The van der Waals surface area contributed by atoms with E-state index in [0.717, 1.165) is 48.7 Å². The minimum Gasteiger partial charge on any atom is -0.350 e. The van der Waals surface area contributed by atoms with Crippen LogP contribution in [0.1, 0.15) is 35.8 Å². The lowest BCUT2D eigenvalue weighted by Gasteiger charge is -2.23. The minimum absolute atomic E-state index is 0.0248. The summed E-state index contributed by atoms with van der Waals surface area (Å²) < 4.78 is 3.86. The van der Waals surface area contributed by atoms with Crippen molar-refractivity contribution >= 4 is 5.91 Å². The van der Waals surface area contributed by atoms with Gasteiger partial charge in [0.15, 0.2) is 0 Å². The average molecular weight is 378 g/mol.